The number of amides is 1. The van der Waals surface area contributed by atoms with Gasteiger partial charge in [-0.05, 0) is 51.4 Å². The molecule has 1 amide bonds. The molecule has 0 bridgehead atoms. The van der Waals surface area contributed by atoms with Gasteiger partial charge in [0.15, 0.2) is 0 Å². The van der Waals surface area contributed by atoms with E-state index in [-0.39, 0.29) is 11.9 Å². The Morgan fingerprint density at radius 2 is 2.19 bits per heavy atom. The zero-order valence-corrected chi connectivity index (χ0v) is 12.7. The topological polar surface area (TPSA) is 49.6 Å². The van der Waals surface area contributed by atoms with E-state index in [1.165, 1.54) is 12.8 Å². The fourth-order valence-corrected chi connectivity index (χ4v) is 2.96. The third-order valence-electron chi connectivity index (χ3n) is 4.02. The quantitative estimate of drug-likeness (QED) is 0.933. The van der Waals surface area contributed by atoms with Crippen LogP contribution in [0.2, 0.25) is 0 Å². The molecule has 3 heterocycles. The van der Waals surface area contributed by atoms with Crippen LogP contribution in [-0.2, 0) is 0 Å². The number of likely N-dealkylation sites (tertiary alicyclic amines) is 1. The van der Waals surface area contributed by atoms with Gasteiger partial charge in [-0.15, -0.1) is 0 Å². The van der Waals surface area contributed by atoms with Crippen molar-refractivity contribution in [2.75, 3.05) is 19.6 Å². The molecule has 2 aromatic heterocycles. The summed E-state index contributed by atoms with van der Waals surface area (Å²) >= 11 is 0. The Kier molecular flexibility index (Phi) is 3.92. The third-order valence-corrected chi connectivity index (χ3v) is 4.02. The number of nitrogens with zero attached hydrogens (tertiary/aromatic N) is 3. The smallest absolute Gasteiger partial charge is 0.271 e. The van der Waals surface area contributed by atoms with Crippen molar-refractivity contribution in [1.29, 1.82) is 0 Å². The molecule has 1 saturated heterocycles. The van der Waals surface area contributed by atoms with Gasteiger partial charge in [-0.3, -0.25) is 4.79 Å². The molecule has 0 spiro atoms. The third kappa shape index (κ3) is 3.08. The summed E-state index contributed by atoms with van der Waals surface area (Å²) in [5.41, 5.74) is 2.40. The van der Waals surface area contributed by atoms with E-state index >= 15 is 0 Å². The van der Waals surface area contributed by atoms with Gasteiger partial charge in [0, 0.05) is 25.0 Å². The monoisotopic (exact) mass is 286 g/mol. The Morgan fingerprint density at radius 1 is 1.43 bits per heavy atom. The Morgan fingerprint density at radius 3 is 2.90 bits per heavy atom. The van der Waals surface area contributed by atoms with Crippen LogP contribution in [0.1, 0.15) is 35.8 Å². The Balaban J connectivity index is 1.67. The average molecular weight is 286 g/mol. The van der Waals surface area contributed by atoms with Gasteiger partial charge < -0.3 is 14.6 Å². The van der Waals surface area contributed by atoms with E-state index in [9.17, 15) is 4.79 Å². The maximum atomic E-state index is 12.3. The molecule has 0 aromatic carbocycles. The number of aromatic nitrogens is 2. The van der Waals surface area contributed by atoms with Crippen molar-refractivity contribution in [2.45, 2.75) is 32.7 Å². The van der Waals surface area contributed by atoms with Crippen molar-refractivity contribution in [3.05, 3.63) is 35.8 Å². The molecule has 3 rings (SSSR count). The van der Waals surface area contributed by atoms with Crippen molar-refractivity contribution in [2.24, 2.45) is 0 Å². The molecule has 1 atom stereocenters. The Hall–Kier alpha value is -1.88. The highest BCUT2D eigenvalue weighted by Crippen LogP contribution is 2.11. The first-order valence-corrected chi connectivity index (χ1v) is 7.61. The fraction of sp³-hybridized carbons (Fsp3) is 0.500. The van der Waals surface area contributed by atoms with Gasteiger partial charge in [-0.2, -0.15) is 0 Å². The van der Waals surface area contributed by atoms with Gasteiger partial charge in [0.05, 0.1) is 0 Å². The van der Waals surface area contributed by atoms with E-state index in [1.807, 2.05) is 29.7 Å². The van der Waals surface area contributed by atoms with Crippen molar-refractivity contribution >= 4 is 11.6 Å². The summed E-state index contributed by atoms with van der Waals surface area (Å²) in [4.78, 5) is 19.1. The maximum Gasteiger partial charge on any atom is 0.271 e. The van der Waals surface area contributed by atoms with Gasteiger partial charge in [0.25, 0.3) is 5.91 Å². The van der Waals surface area contributed by atoms with Crippen molar-refractivity contribution in [3.8, 4) is 0 Å². The molecule has 5 heteroatoms. The van der Waals surface area contributed by atoms with Crippen LogP contribution in [0, 0.1) is 6.92 Å². The van der Waals surface area contributed by atoms with Crippen LogP contribution >= 0.6 is 0 Å². The lowest BCUT2D eigenvalue weighted by Crippen LogP contribution is -2.41. The molecule has 1 aliphatic heterocycles. The first-order chi connectivity index (χ1) is 10.1. The standard InChI is InChI=1S/C16H22N4O/c1-12-6-5-9-20-11-14(18-15(12)20)16(21)17-13(2)10-19-7-3-4-8-19/h5-6,9,11,13H,3-4,7-8,10H2,1-2H3,(H,17,21)/t13-/m1/s1. The number of imidazole rings is 1. The summed E-state index contributed by atoms with van der Waals surface area (Å²) in [7, 11) is 0. The number of hydrogen-bond donors (Lipinski definition) is 1. The van der Waals surface area contributed by atoms with Gasteiger partial charge >= 0.3 is 0 Å². The van der Waals surface area contributed by atoms with Gasteiger partial charge in [-0.25, -0.2) is 4.98 Å². The molecule has 0 aliphatic carbocycles. The minimum absolute atomic E-state index is 0.0928. The normalized spacial score (nSPS) is 17.2. The highest BCUT2D eigenvalue weighted by molar-refractivity contribution is 5.93. The first-order valence-electron chi connectivity index (χ1n) is 7.61. The molecule has 21 heavy (non-hydrogen) atoms. The predicted octanol–water partition coefficient (Wildman–Crippen LogP) is 1.86. The second kappa shape index (κ2) is 5.85. The number of hydrogen-bond acceptors (Lipinski definition) is 3. The molecular formula is C16H22N4O. The lowest BCUT2D eigenvalue weighted by Gasteiger charge is -2.20. The zero-order chi connectivity index (χ0) is 14.8. The fourth-order valence-electron chi connectivity index (χ4n) is 2.96. The van der Waals surface area contributed by atoms with Gasteiger partial charge in [0.1, 0.15) is 11.3 Å². The average Bonchev–Trinajstić information content (AvgIpc) is 3.07. The predicted molar refractivity (Wildman–Crippen MR) is 82.5 cm³/mol. The highest BCUT2D eigenvalue weighted by atomic mass is 16.2. The maximum absolute atomic E-state index is 12.3. The minimum Gasteiger partial charge on any atom is -0.347 e. The first kappa shape index (κ1) is 14.1. The number of rotatable bonds is 4. The SMILES string of the molecule is Cc1cccn2cc(C(=O)N[C@H](C)CN3CCCC3)nc12. The van der Waals surface area contributed by atoms with E-state index in [0.717, 1.165) is 30.8 Å². The summed E-state index contributed by atoms with van der Waals surface area (Å²) in [6, 6.07) is 4.10. The Bertz CT molecular complexity index is 643. The van der Waals surface area contributed by atoms with Crippen molar-refractivity contribution in [3.63, 3.8) is 0 Å². The van der Waals surface area contributed by atoms with E-state index in [4.69, 9.17) is 0 Å². The number of aryl methyl sites for hydroxylation is 1. The summed E-state index contributed by atoms with van der Waals surface area (Å²) in [5.74, 6) is -0.0928. The van der Waals surface area contributed by atoms with Crippen LogP contribution < -0.4 is 5.32 Å². The lowest BCUT2D eigenvalue weighted by atomic mass is 10.3. The van der Waals surface area contributed by atoms with Gasteiger partial charge in [0.2, 0.25) is 0 Å². The number of carbonyl (C=O) groups is 1. The molecule has 112 valence electrons. The number of carbonyl (C=O) groups excluding carboxylic acids is 1. The molecule has 2 aromatic rings. The number of fused-ring (bicyclic) bond motifs is 1. The Labute approximate surface area is 125 Å². The number of pyridine rings is 1. The highest BCUT2D eigenvalue weighted by Gasteiger charge is 2.18. The largest absolute Gasteiger partial charge is 0.347 e. The van der Waals surface area contributed by atoms with Crippen LogP contribution in [-0.4, -0.2) is 45.9 Å². The van der Waals surface area contributed by atoms with Crippen LogP contribution in [0.15, 0.2) is 24.5 Å². The van der Waals surface area contributed by atoms with Crippen molar-refractivity contribution < 1.29 is 4.79 Å². The van der Waals surface area contributed by atoms with E-state index in [1.54, 1.807) is 6.20 Å². The molecule has 1 fully saturated rings. The number of nitrogens with one attached hydrogen (secondary N) is 1. The molecule has 1 aliphatic rings. The van der Waals surface area contributed by atoms with E-state index < -0.39 is 0 Å². The second-order valence-corrected chi connectivity index (χ2v) is 5.93. The van der Waals surface area contributed by atoms with E-state index in [0.29, 0.717) is 5.69 Å². The van der Waals surface area contributed by atoms with Crippen LogP contribution in [0.3, 0.4) is 0 Å². The second-order valence-electron chi connectivity index (χ2n) is 5.93. The lowest BCUT2D eigenvalue weighted by molar-refractivity contribution is 0.0927. The van der Waals surface area contributed by atoms with E-state index in [2.05, 4.69) is 22.1 Å². The van der Waals surface area contributed by atoms with Crippen LogP contribution in [0.25, 0.3) is 5.65 Å². The van der Waals surface area contributed by atoms with Gasteiger partial charge in [-0.1, -0.05) is 6.07 Å². The summed E-state index contributed by atoms with van der Waals surface area (Å²) in [5, 5.41) is 3.05. The minimum atomic E-state index is -0.0928. The van der Waals surface area contributed by atoms with Crippen LogP contribution in [0.4, 0.5) is 0 Å². The molecule has 5 nitrogen and oxygen atoms in total. The summed E-state index contributed by atoms with van der Waals surface area (Å²) in [6.45, 7) is 7.26. The molecule has 0 unspecified atom stereocenters. The molecule has 0 radical (unpaired) electrons. The molecule has 0 saturated carbocycles. The van der Waals surface area contributed by atoms with Crippen LogP contribution in [0.5, 0.6) is 0 Å². The molecular weight excluding hydrogens is 264 g/mol. The molecule has 1 N–H and O–H groups in total. The summed E-state index contributed by atoms with van der Waals surface area (Å²) in [6.07, 6.45) is 6.25. The zero-order valence-electron chi connectivity index (χ0n) is 12.7. The van der Waals surface area contributed by atoms with Crippen molar-refractivity contribution in [1.82, 2.24) is 19.6 Å². The summed E-state index contributed by atoms with van der Waals surface area (Å²) < 4.78 is 1.90.